The van der Waals surface area contributed by atoms with Crippen LogP contribution in [0.25, 0.3) is 0 Å². The van der Waals surface area contributed by atoms with E-state index >= 15 is 0 Å². The number of rotatable bonds is 6. The van der Waals surface area contributed by atoms with E-state index in [1.165, 1.54) is 21.3 Å². The Bertz CT molecular complexity index is 748. The second-order valence-corrected chi connectivity index (χ2v) is 5.84. The maximum Gasteiger partial charge on any atom is 0.276 e. The van der Waals surface area contributed by atoms with E-state index in [4.69, 9.17) is 14.2 Å². The Hall–Kier alpha value is -3.03. The Morgan fingerprint density at radius 2 is 1.65 bits per heavy atom. The van der Waals surface area contributed by atoms with Gasteiger partial charge < -0.3 is 24.4 Å². The highest BCUT2D eigenvalue weighted by atomic mass is 16.5. The lowest BCUT2D eigenvalue weighted by molar-refractivity contribution is 0.102. The molecule has 138 valence electrons. The van der Waals surface area contributed by atoms with Crippen LogP contribution in [0.3, 0.4) is 0 Å². The van der Waals surface area contributed by atoms with Gasteiger partial charge in [-0.15, -0.1) is 10.2 Å². The molecule has 2 aromatic rings. The van der Waals surface area contributed by atoms with Gasteiger partial charge in [-0.05, 0) is 25.0 Å². The van der Waals surface area contributed by atoms with Crippen molar-refractivity contribution in [2.45, 2.75) is 12.8 Å². The quantitative estimate of drug-likeness (QED) is 0.848. The van der Waals surface area contributed by atoms with Crippen LogP contribution in [-0.2, 0) is 0 Å². The molecule has 8 nitrogen and oxygen atoms in total. The van der Waals surface area contributed by atoms with Gasteiger partial charge in [0.15, 0.2) is 23.0 Å². The zero-order valence-electron chi connectivity index (χ0n) is 15.1. The first-order valence-electron chi connectivity index (χ1n) is 8.36. The SMILES string of the molecule is COc1cc(NC(=O)c2ccc(N3CCCC3)nn2)cc(OC)c1OC. The number of carbonyl (C=O) groups is 1. The van der Waals surface area contributed by atoms with Gasteiger partial charge >= 0.3 is 0 Å². The molecule has 0 atom stereocenters. The van der Waals surface area contributed by atoms with Crippen molar-refractivity contribution in [2.24, 2.45) is 0 Å². The van der Waals surface area contributed by atoms with Crippen LogP contribution in [0.2, 0.25) is 0 Å². The van der Waals surface area contributed by atoms with Crippen molar-refractivity contribution in [1.82, 2.24) is 10.2 Å². The van der Waals surface area contributed by atoms with E-state index in [0.717, 1.165) is 31.7 Å². The fourth-order valence-electron chi connectivity index (χ4n) is 2.91. The summed E-state index contributed by atoms with van der Waals surface area (Å²) in [7, 11) is 4.56. The number of benzene rings is 1. The summed E-state index contributed by atoms with van der Waals surface area (Å²) in [5.74, 6) is 1.81. The first-order chi connectivity index (χ1) is 12.7. The number of amides is 1. The van der Waals surface area contributed by atoms with Gasteiger partial charge in [-0.25, -0.2) is 0 Å². The second kappa shape index (κ2) is 7.90. The average molecular weight is 358 g/mol. The third-order valence-electron chi connectivity index (χ3n) is 4.24. The van der Waals surface area contributed by atoms with Gasteiger partial charge in [0.25, 0.3) is 5.91 Å². The molecule has 1 fully saturated rings. The van der Waals surface area contributed by atoms with E-state index in [1.54, 1.807) is 18.2 Å². The molecule has 0 aliphatic carbocycles. The molecule has 1 aromatic carbocycles. The number of anilines is 2. The molecule has 1 aliphatic heterocycles. The van der Waals surface area contributed by atoms with E-state index < -0.39 is 0 Å². The molecule has 0 saturated carbocycles. The monoisotopic (exact) mass is 358 g/mol. The molecule has 1 aromatic heterocycles. The lowest BCUT2D eigenvalue weighted by Gasteiger charge is -2.16. The molecule has 26 heavy (non-hydrogen) atoms. The molecule has 8 heteroatoms. The van der Waals surface area contributed by atoms with Crippen molar-refractivity contribution in [3.63, 3.8) is 0 Å². The largest absolute Gasteiger partial charge is 0.493 e. The molecular weight excluding hydrogens is 336 g/mol. The van der Waals surface area contributed by atoms with Crippen LogP contribution < -0.4 is 24.4 Å². The highest BCUT2D eigenvalue weighted by molar-refractivity contribution is 6.03. The smallest absolute Gasteiger partial charge is 0.276 e. The number of aromatic nitrogens is 2. The van der Waals surface area contributed by atoms with Gasteiger partial charge in [0.2, 0.25) is 5.75 Å². The van der Waals surface area contributed by atoms with Crippen LogP contribution in [0, 0.1) is 0 Å². The summed E-state index contributed by atoms with van der Waals surface area (Å²) in [5.41, 5.74) is 0.747. The van der Waals surface area contributed by atoms with Gasteiger partial charge in [-0.1, -0.05) is 0 Å². The van der Waals surface area contributed by atoms with Crippen LogP contribution in [0.4, 0.5) is 11.5 Å². The number of ether oxygens (including phenoxy) is 3. The van der Waals surface area contributed by atoms with Gasteiger partial charge in [0, 0.05) is 30.9 Å². The minimum Gasteiger partial charge on any atom is -0.493 e. The van der Waals surface area contributed by atoms with Gasteiger partial charge in [0.05, 0.1) is 21.3 Å². The first kappa shape index (κ1) is 17.8. The number of nitrogens with zero attached hydrogens (tertiary/aromatic N) is 3. The standard InChI is InChI=1S/C18H22N4O4/c1-24-14-10-12(11-15(25-2)17(14)26-3)19-18(23)13-6-7-16(21-20-13)22-8-4-5-9-22/h6-7,10-11H,4-5,8-9H2,1-3H3,(H,19,23). The molecule has 0 spiro atoms. The van der Waals surface area contributed by atoms with E-state index in [0.29, 0.717) is 22.9 Å². The maximum atomic E-state index is 12.5. The van der Waals surface area contributed by atoms with Crippen LogP contribution in [0.15, 0.2) is 24.3 Å². The molecular formula is C18H22N4O4. The number of hydrogen-bond donors (Lipinski definition) is 1. The fourth-order valence-corrected chi connectivity index (χ4v) is 2.91. The third kappa shape index (κ3) is 3.63. The highest BCUT2D eigenvalue weighted by Gasteiger charge is 2.17. The van der Waals surface area contributed by atoms with Gasteiger partial charge in [0.1, 0.15) is 0 Å². The van der Waals surface area contributed by atoms with Crippen molar-refractivity contribution >= 4 is 17.4 Å². The zero-order chi connectivity index (χ0) is 18.5. The Labute approximate surface area is 152 Å². The molecule has 1 amide bonds. The van der Waals surface area contributed by atoms with Crippen LogP contribution in [0.1, 0.15) is 23.3 Å². The molecule has 0 bridgehead atoms. The summed E-state index contributed by atoms with van der Waals surface area (Å²) in [6.07, 6.45) is 2.32. The summed E-state index contributed by atoms with van der Waals surface area (Å²) in [6.45, 7) is 1.96. The summed E-state index contributed by atoms with van der Waals surface area (Å²) < 4.78 is 15.9. The fraction of sp³-hybridized carbons (Fsp3) is 0.389. The highest BCUT2D eigenvalue weighted by Crippen LogP contribution is 2.40. The first-order valence-corrected chi connectivity index (χ1v) is 8.36. The van der Waals surface area contributed by atoms with Crippen molar-refractivity contribution in [2.75, 3.05) is 44.6 Å². The molecule has 1 N–H and O–H groups in total. The summed E-state index contributed by atoms with van der Waals surface area (Å²) in [6, 6.07) is 6.81. The van der Waals surface area contributed by atoms with E-state index in [2.05, 4.69) is 20.4 Å². The predicted molar refractivity (Wildman–Crippen MR) is 97.5 cm³/mol. The Morgan fingerprint density at radius 1 is 1.00 bits per heavy atom. The molecule has 1 aliphatic rings. The van der Waals surface area contributed by atoms with Gasteiger partial charge in [-0.2, -0.15) is 0 Å². The number of methoxy groups -OCH3 is 3. The topological polar surface area (TPSA) is 85.8 Å². The van der Waals surface area contributed by atoms with Crippen molar-refractivity contribution in [3.8, 4) is 17.2 Å². The molecule has 3 rings (SSSR count). The number of carbonyl (C=O) groups excluding carboxylic acids is 1. The summed E-state index contributed by atoms with van der Waals surface area (Å²) in [5, 5.41) is 11.0. The van der Waals surface area contributed by atoms with E-state index in [9.17, 15) is 4.79 Å². The molecule has 0 unspecified atom stereocenters. The number of nitrogens with one attached hydrogen (secondary N) is 1. The molecule has 2 heterocycles. The normalized spacial score (nSPS) is 13.4. The average Bonchev–Trinajstić information content (AvgIpc) is 3.22. The van der Waals surface area contributed by atoms with Crippen LogP contribution in [-0.4, -0.2) is 50.5 Å². The lowest BCUT2D eigenvalue weighted by Crippen LogP contribution is -2.21. The minimum absolute atomic E-state index is 0.238. The van der Waals surface area contributed by atoms with Gasteiger partial charge in [-0.3, -0.25) is 4.79 Å². The molecule has 0 radical (unpaired) electrons. The zero-order valence-corrected chi connectivity index (χ0v) is 15.1. The second-order valence-electron chi connectivity index (χ2n) is 5.84. The molecule has 1 saturated heterocycles. The van der Waals surface area contributed by atoms with E-state index in [-0.39, 0.29) is 11.6 Å². The summed E-state index contributed by atoms with van der Waals surface area (Å²) in [4.78, 5) is 14.6. The van der Waals surface area contributed by atoms with Crippen LogP contribution in [0.5, 0.6) is 17.2 Å². The Kier molecular flexibility index (Phi) is 5.40. The maximum absolute atomic E-state index is 12.5. The Balaban J connectivity index is 1.77. The predicted octanol–water partition coefficient (Wildman–Crippen LogP) is 2.35. The third-order valence-corrected chi connectivity index (χ3v) is 4.24. The van der Waals surface area contributed by atoms with Crippen molar-refractivity contribution < 1.29 is 19.0 Å². The van der Waals surface area contributed by atoms with E-state index in [1.807, 2.05) is 6.07 Å². The minimum atomic E-state index is -0.361. The summed E-state index contributed by atoms with van der Waals surface area (Å²) >= 11 is 0. The van der Waals surface area contributed by atoms with Crippen LogP contribution >= 0.6 is 0 Å². The Morgan fingerprint density at radius 3 is 2.15 bits per heavy atom. The lowest BCUT2D eigenvalue weighted by atomic mass is 10.2. The van der Waals surface area contributed by atoms with Crippen molar-refractivity contribution in [3.05, 3.63) is 30.0 Å². The van der Waals surface area contributed by atoms with Crippen molar-refractivity contribution in [1.29, 1.82) is 0 Å². The number of hydrogen-bond acceptors (Lipinski definition) is 7.